The lowest BCUT2D eigenvalue weighted by atomic mass is 10.5. The largest absolute Gasteiger partial charge is 0.441 e. The van der Waals surface area contributed by atoms with E-state index in [-0.39, 0.29) is 23.6 Å². The van der Waals surface area contributed by atoms with E-state index in [0.717, 1.165) is 0 Å². The van der Waals surface area contributed by atoms with Crippen LogP contribution in [0, 0.1) is 0 Å². The van der Waals surface area contributed by atoms with Gasteiger partial charge >= 0.3 is 5.51 Å². The van der Waals surface area contributed by atoms with Crippen molar-refractivity contribution in [3.05, 3.63) is 0 Å². The minimum Gasteiger partial charge on any atom is -0.377 e. The topological polar surface area (TPSA) is 21.3 Å². The minimum absolute atomic E-state index is 0.00541. The van der Waals surface area contributed by atoms with E-state index in [9.17, 15) is 13.2 Å². The first-order valence-corrected chi connectivity index (χ1v) is 5.43. The molecule has 0 saturated carbocycles. The fourth-order valence-corrected chi connectivity index (χ4v) is 1.21. The molecule has 2 nitrogen and oxygen atoms in total. The van der Waals surface area contributed by atoms with Gasteiger partial charge in [0.25, 0.3) is 0 Å². The minimum atomic E-state index is -4.11. The molecule has 14 heavy (non-hydrogen) atoms. The Labute approximate surface area is 86.6 Å². The van der Waals surface area contributed by atoms with Gasteiger partial charge < -0.3 is 10.1 Å². The number of hydrogen-bond donors (Lipinski definition) is 1. The first kappa shape index (κ1) is 14.1. The number of thioether (sulfide) groups is 1. The molecule has 0 aliphatic carbocycles. The van der Waals surface area contributed by atoms with Gasteiger partial charge in [0.15, 0.2) is 0 Å². The first-order valence-electron chi connectivity index (χ1n) is 4.45. The van der Waals surface area contributed by atoms with Crippen LogP contribution in [-0.2, 0) is 4.74 Å². The fraction of sp³-hybridized carbons (Fsp3) is 1.00. The van der Waals surface area contributed by atoms with Crippen LogP contribution in [-0.4, -0.2) is 37.1 Å². The van der Waals surface area contributed by atoms with Crippen LogP contribution in [0.2, 0.25) is 0 Å². The Balaban J connectivity index is 3.07. The van der Waals surface area contributed by atoms with Gasteiger partial charge in [0, 0.05) is 18.8 Å². The summed E-state index contributed by atoms with van der Waals surface area (Å²) in [5.74, 6) is 0.0468. The van der Waals surface area contributed by atoms with Gasteiger partial charge in [-0.3, -0.25) is 0 Å². The van der Waals surface area contributed by atoms with Crippen molar-refractivity contribution in [1.82, 2.24) is 5.32 Å². The van der Waals surface area contributed by atoms with Crippen LogP contribution >= 0.6 is 11.8 Å². The zero-order valence-electron chi connectivity index (χ0n) is 8.36. The maximum atomic E-state index is 11.6. The molecular weight excluding hydrogens is 215 g/mol. The number of rotatable bonds is 7. The summed E-state index contributed by atoms with van der Waals surface area (Å²) < 4.78 is 40.1. The first-order chi connectivity index (χ1) is 6.42. The maximum absolute atomic E-state index is 11.6. The summed E-state index contributed by atoms with van der Waals surface area (Å²) in [4.78, 5) is 0. The van der Waals surface area contributed by atoms with E-state index in [4.69, 9.17) is 4.74 Å². The Morgan fingerprint density at radius 2 is 1.93 bits per heavy atom. The molecule has 0 aromatic carbocycles. The van der Waals surface area contributed by atoms with Crippen LogP contribution in [0.25, 0.3) is 0 Å². The third-order valence-electron chi connectivity index (χ3n) is 1.27. The van der Waals surface area contributed by atoms with Crippen molar-refractivity contribution in [2.75, 3.05) is 25.4 Å². The van der Waals surface area contributed by atoms with Gasteiger partial charge in [-0.1, -0.05) is 0 Å². The lowest BCUT2D eigenvalue weighted by molar-refractivity contribution is -0.0327. The van der Waals surface area contributed by atoms with Crippen LogP contribution in [0.5, 0.6) is 0 Å². The van der Waals surface area contributed by atoms with E-state index in [1.54, 1.807) is 0 Å². The molecule has 0 aromatic heterocycles. The molecule has 0 unspecified atom stereocenters. The Kier molecular flexibility index (Phi) is 7.40. The van der Waals surface area contributed by atoms with Gasteiger partial charge in [-0.25, -0.2) is 0 Å². The van der Waals surface area contributed by atoms with Crippen molar-refractivity contribution in [3.8, 4) is 0 Å². The molecule has 0 fully saturated rings. The second-order valence-electron chi connectivity index (χ2n) is 2.96. The van der Waals surface area contributed by atoms with Crippen LogP contribution in [0.4, 0.5) is 13.2 Å². The average Bonchev–Trinajstić information content (AvgIpc) is 2.00. The van der Waals surface area contributed by atoms with Crippen molar-refractivity contribution in [2.24, 2.45) is 0 Å². The molecule has 0 aliphatic heterocycles. The highest BCUT2D eigenvalue weighted by molar-refractivity contribution is 8.00. The molecule has 0 amide bonds. The Bertz CT molecular complexity index is 141. The fourth-order valence-electron chi connectivity index (χ4n) is 0.731. The predicted molar refractivity (Wildman–Crippen MR) is 52.5 cm³/mol. The molecule has 0 rings (SSSR count). The van der Waals surface area contributed by atoms with Crippen LogP contribution in [0.15, 0.2) is 0 Å². The summed E-state index contributed by atoms with van der Waals surface area (Å²) >= 11 is -0.00541. The van der Waals surface area contributed by atoms with E-state index in [1.807, 2.05) is 13.8 Å². The Morgan fingerprint density at radius 3 is 2.43 bits per heavy atom. The molecule has 1 N–H and O–H groups in total. The monoisotopic (exact) mass is 231 g/mol. The molecule has 0 aliphatic rings. The Morgan fingerprint density at radius 1 is 1.29 bits per heavy atom. The van der Waals surface area contributed by atoms with Crippen LogP contribution < -0.4 is 5.32 Å². The smallest absolute Gasteiger partial charge is 0.377 e. The van der Waals surface area contributed by atoms with Gasteiger partial charge in [-0.05, 0) is 25.6 Å². The average molecular weight is 231 g/mol. The standard InChI is InChI=1S/C8H16F3NOS/c1-7(2)13-5-3-12-4-6-14-8(9,10)11/h7,12H,3-6H2,1-2H3. The molecule has 0 atom stereocenters. The van der Waals surface area contributed by atoms with Gasteiger partial charge in [-0.15, -0.1) is 0 Å². The summed E-state index contributed by atoms with van der Waals surface area (Å²) in [6.07, 6.45) is 0.168. The zero-order valence-corrected chi connectivity index (χ0v) is 9.17. The molecule has 0 spiro atoms. The molecule has 86 valence electrons. The third-order valence-corrected chi connectivity index (χ3v) is 2.01. The van der Waals surface area contributed by atoms with Gasteiger partial charge in [0.05, 0.1) is 12.7 Å². The second kappa shape index (κ2) is 7.36. The number of hydrogen-bond acceptors (Lipinski definition) is 3. The number of nitrogens with one attached hydrogen (secondary N) is 1. The molecule has 6 heteroatoms. The quantitative estimate of drug-likeness (QED) is 0.679. The van der Waals surface area contributed by atoms with E-state index >= 15 is 0 Å². The van der Waals surface area contributed by atoms with Crippen LogP contribution in [0.3, 0.4) is 0 Å². The normalized spacial score (nSPS) is 12.4. The van der Waals surface area contributed by atoms with Crippen molar-refractivity contribution in [1.29, 1.82) is 0 Å². The summed E-state index contributed by atoms with van der Waals surface area (Å²) in [7, 11) is 0. The maximum Gasteiger partial charge on any atom is 0.441 e. The van der Waals surface area contributed by atoms with Crippen molar-refractivity contribution < 1.29 is 17.9 Å². The SMILES string of the molecule is CC(C)OCCNCCSC(F)(F)F. The highest BCUT2D eigenvalue weighted by Gasteiger charge is 2.27. The van der Waals surface area contributed by atoms with E-state index in [1.165, 1.54) is 0 Å². The number of halogens is 3. The molecule has 0 saturated heterocycles. The summed E-state index contributed by atoms with van der Waals surface area (Å²) in [5, 5.41) is 2.87. The third kappa shape index (κ3) is 12.1. The summed E-state index contributed by atoms with van der Waals surface area (Å²) in [6, 6.07) is 0. The zero-order chi connectivity index (χ0) is 11.0. The van der Waals surface area contributed by atoms with E-state index < -0.39 is 5.51 Å². The van der Waals surface area contributed by atoms with Crippen molar-refractivity contribution >= 4 is 11.8 Å². The second-order valence-corrected chi connectivity index (χ2v) is 4.12. The highest BCUT2D eigenvalue weighted by atomic mass is 32.2. The number of ether oxygens (including phenoxy) is 1. The van der Waals surface area contributed by atoms with Crippen molar-refractivity contribution in [3.63, 3.8) is 0 Å². The lowest BCUT2D eigenvalue weighted by Crippen LogP contribution is -2.24. The summed E-state index contributed by atoms with van der Waals surface area (Å²) in [5.41, 5.74) is -4.11. The van der Waals surface area contributed by atoms with Gasteiger partial charge in [0.2, 0.25) is 0 Å². The molecule has 0 aromatic rings. The van der Waals surface area contributed by atoms with Crippen molar-refractivity contribution in [2.45, 2.75) is 25.5 Å². The molecule has 0 bridgehead atoms. The van der Waals surface area contributed by atoms with Crippen LogP contribution in [0.1, 0.15) is 13.8 Å². The Hall–Kier alpha value is 0.0600. The molecule has 0 heterocycles. The van der Waals surface area contributed by atoms with Gasteiger partial charge in [-0.2, -0.15) is 13.2 Å². The van der Waals surface area contributed by atoms with E-state index in [2.05, 4.69) is 5.32 Å². The highest BCUT2D eigenvalue weighted by Crippen LogP contribution is 2.29. The predicted octanol–water partition coefficient (Wildman–Crippen LogP) is 2.25. The molecule has 0 radical (unpaired) electrons. The lowest BCUT2D eigenvalue weighted by Gasteiger charge is -2.09. The van der Waals surface area contributed by atoms with E-state index in [0.29, 0.717) is 19.7 Å². The summed E-state index contributed by atoms with van der Waals surface area (Å²) in [6.45, 7) is 5.32. The van der Waals surface area contributed by atoms with Gasteiger partial charge in [0.1, 0.15) is 0 Å². The number of alkyl halides is 3. The molecular formula is C8H16F3NOS.